The Bertz CT molecular complexity index is 299. The quantitative estimate of drug-likeness (QED) is 0.573. The van der Waals surface area contributed by atoms with Crippen molar-refractivity contribution in [3.63, 3.8) is 0 Å². The van der Waals surface area contributed by atoms with Crippen LogP contribution in [0.15, 0.2) is 5.10 Å². The molecule has 0 N–H and O–H groups in total. The van der Waals surface area contributed by atoms with E-state index < -0.39 is 18.4 Å². The van der Waals surface area contributed by atoms with Gasteiger partial charge in [-0.05, 0) is 12.3 Å². The first-order valence-corrected chi connectivity index (χ1v) is 5.07. The van der Waals surface area contributed by atoms with Crippen LogP contribution in [0.1, 0.15) is 20.3 Å². The van der Waals surface area contributed by atoms with Crippen LogP contribution in [0.2, 0.25) is 0 Å². The largest absolute Gasteiger partial charge is 0.475 e. The van der Waals surface area contributed by atoms with Gasteiger partial charge in [0.2, 0.25) is 0 Å². The fourth-order valence-corrected chi connectivity index (χ4v) is 1.56. The molecule has 1 unspecified atom stereocenters. The van der Waals surface area contributed by atoms with Crippen molar-refractivity contribution in [1.29, 1.82) is 0 Å². The summed E-state index contributed by atoms with van der Waals surface area (Å²) in [6.07, 6.45) is -5.98. The average Bonchev–Trinajstić information content (AvgIpc) is 2.45. The molecular formula is C9H14F5N3. The maximum atomic E-state index is 13.2. The predicted octanol–water partition coefficient (Wildman–Crippen LogP) is 2.70. The first kappa shape index (κ1) is 14.0. The van der Waals surface area contributed by atoms with Gasteiger partial charge < -0.3 is 0 Å². The van der Waals surface area contributed by atoms with Crippen molar-refractivity contribution in [2.45, 2.75) is 38.7 Å². The van der Waals surface area contributed by atoms with Crippen molar-refractivity contribution < 1.29 is 22.0 Å². The highest BCUT2D eigenvalue weighted by Gasteiger charge is 2.64. The summed E-state index contributed by atoms with van der Waals surface area (Å²) in [5.41, 5.74) is 0. The molecule has 0 aromatic rings. The lowest BCUT2D eigenvalue weighted by Gasteiger charge is -2.35. The topological polar surface area (TPSA) is 18.8 Å². The monoisotopic (exact) mass is 259 g/mol. The van der Waals surface area contributed by atoms with E-state index in [0.29, 0.717) is 6.34 Å². The Balaban J connectivity index is 2.93. The maximum Gasteiger partial charge on any atom is 0.475 e. The Kier molecular flexibility index (Phi) is 3.54. The molecule has 0 saturated heterocycles. The minimum absolute atomic E-state index is 0.0179. The lowest BCUT2D eigenvalue weighted by Crippen LogP contribution is -2.56. The fraction of sp³-hybridized carbons (Fsp3) is 0.889. The molecule has 100 valence electrons. The summed E-state index contributed by atoms with van der Waals surface area (Å²) in [5, 5.41) is 4.60. The third kappa shape index (κ3) is 2.61. The first-order chi connectivity index (χ1) is 7.57. The first-order valence-electron chi connectivity index (χ1n) is 5.07. The average molecular weight is 259 g/mol. The normalized spacial score (nSPS) is 21.8. The van der Waals surface area contributed by atoms with Crippen molar-refractivity contribution in [3.8, 4) is 0 Å². The molecule has 1 rings (SSSR count). The number of hydrogen-bond donors (Lipinski definition) is 0. The summed E-state index contributed by atoms with van der Waals surface area (Å²) in [7, 11) is 1.37. The van der Waals surface area contributed by atoms with Crippen molar-refractivity contribution >= 4 is 6.34 Å². The van der Waals surface area contributed by atoms with Gasteiger partial charge in [0.1, 0.15) is 12.5 Å². The van der Waals surface area contributed by atoms with Crippen LogP contribution >= 0.6 is 0 Å². The van der Waals surface area contributed by atoms with Crippen molar-refractivity contribution in [1.82, 2.24) is 9.91 Å². The van der Waals surface area contributed by atoms with Gasteiger partial charge in [-0.2, -0.15) is 27.1 Å². The molecule has 0 spiro atoms. The molecular weight excluding hydrogens is 245 g/mol. The van der Waals surface area contributed by atoms with Gasteiger partial charge in [0.15, 0.2) is 0 Å². The highest BCUT2D eigenvalue weighted by Crippen LogP contribution is 2.41. The number of halogens is 5. The van der Waals surface area contributed by atoms with E-state index in [9.17, 15) is 22.0 Å². The Morgan fingerprint density at radius 1 is 1.24 bits per heavy atom. The SMILES string of the molecule is CC(C)CC1N(C)N=CN1C(F)(F)C(F)(F)F. The second-order valence-corrected chi connectivity index (χ2v) is 4.36. The fourth-order valence-electron chi connectivity index (χ4n) is 1.56. The third-order valence-electron chi connectivity index (χ3n) is 2.46. The lowest BCUT2D eigenvalue weighted by atomic mass is 10.1. The van der Waals surface area contributed by atoms with Crippen LogP contribution in [0.5, 0.6) is 0 Å². The second kappa shape index (κ2) is 4.30. The lowest BCUT2D eigenvalue weighted by molar-refractivity contribution is -0.333. The van der Waals surface area contributed by atoms with Crippen LogP contribution in [0.4, 0.5) is 22.0 Å². The van der Waals surface area contributed by atoms with Crippen LogP contribution in [-0.2, 0) is 0 Å². The third-order valence-corrected chi connectivity index (χ3v) is 2.46. The number of rotatable bonds is 3. The van der Waals surface area contributed by atoms with Gasteiger partial charge in [-0.1, -0.05) is 13.8 Å². The van der Waals surface area contributed by atoms with Crippen LogP contribution in [-0.4, -0.2) is 41.7 Å². The van der Waals surface area contributed by atoms with Crippen LogP contribution in [0, 0.1) is 5.92 Å². The molecule has 8 heteroatoms. The molecule has 0 amide bonds. The van der Waals surface area contributed by atoms with Crippen LogP contribution < -0.4 is 0 Å². The van der Waals surface area contributed by atoms with E-state index in [1.54, 1.807) is 13.8 Å². The summed E-state index contributed by atoms with van der Waals surface area (Å²) in [6, 6.07) is -4.90. The molecule has 3 nitrogen and oxygen atoms in total. The molecule has 17 heavy (non-hydrogen) atoms. The van der Waals surface area contributed by atoms with E-state index in [1.165, 1.54) is 7.05 Å². The summed E-state index contributed by atoms with van der Waals surface area (Å²) in [6.45, 7) is 3.49. The van der Waals surface area contributed by atoms with Gasteiger partial charge in [-0.15, -0.1) is 0 Å². The summed E-state index contributed by atoms with van der Waals surface area (Å²) in [4.78, 5) is -0.0347. The van der Waals surface area contributed by atoms with Crippen molar-refractivity contribution in [2.24, 2.45) is 11.0 Å². The van der Waals surface area contributed by atoms with Gasteiger partial charge in [0.05, 0.1) is 0 Å². The van der Waals surface area contributed by atoms with Gasteiger partial charge in [-0.25, -0.2) is 0 Å². The van der Waals surface area contributed by atoms with E-state index in [0.717, 1.165) is 5.01 Å². The van der Waals surface area contributed by atoms with Crippen molar-refractivity contribution in [3.05, 3.63) is 0 Å². The van der Waals surface area contributed by atoms with E-state index in [4.69, 9.17) is 0 Å². The summed E-state index contributed by atoms with van der Waals surface area (Å²) in [5.74, 6) is -0.0179. The smallest absolute Gasteiger partial charge is 0.276 e. The molecule has 1 aliphatic rings. The maximum absolute atomic E-state index is 13.2. The Morgan fingerprint density at radius 2 is 1.76 bits per heavy atom. The molecule has 1 aliphatic heterocycles. The van der Waals surface area contributed by atoms with Gasteiger partial charge in [0.25, 0.3) is 0 Å². The predicted molar refractivity (Wildman–Crippen MR) is 52.3 cm³/mol. The van der Waals surface area contributed by atoms with E-state index in [1.807, 2.05) is 0 Å². The number of nitrogens with zero attached hydrogens (tertiary/aromatic N) is 3. The molecule has 0 aromatic carbocycles. The molecule has 1 heterocycles. The van der Waals surface area contributed by atoms with Crippen molar-refractivity contribution in [2.75, 3.05) is 7.05 Å². The summed E-state index contributed by atoms with van der Waals surface area (Å²) < 4.78 is 63.1. The Labute approximate surface area is 95.9 Å². The molecule has 0 saturated carbocycles. The van der Waals surface area contributed by atoms with Gasteiger partial charge in [-0.3, -0.25) is 9.91 Å². The van der Waals surface area contributed by atoms with E-state index in [-0.39, 0.29) is 17.2 Å². The molecule has 0 aromatic heterocycles. The number of hydrazone groups is 1. The highest BCUT2D eigenvalue weighted by atomic mass is 19.4. The Hall–Kier alpha value is -1.08. The molecule has 0 bridgehead atoms. The Morgan fingerprint density at radius 3 is 2.18 bits per heavy atom. The van der Waals surface area contributed by atoms with Crippen LogP contribution in [0.25, 0.3) is 0 Å². The van der Waals surface area contributed by atoms with Crippen LogP contribution in [0.3, 0.4) is 0 Å². The van der Waals surface area contributed by atoms with Gasteiger partial charge >= 0.3 is 12.2 Å². The van der Waals surface area contributed by atoms with Gasteiger partial charge in [0, 0.05) is 7.05 Å². The zero-order valence-corrected chi connectivity index (χ0v) is 9.67. The second-order valence-electron chi connectivity index (χ2n) is 4.36. The zero-order chi connectivity index (χ0) is 13.4. The minimum Gasteiger partial charge on any atom is -0.276 e. The molecule has 0 aliphatic carbocycles. The molecule has 1 atom stereocenters. The van der Waals surface area contributed by atoms with E-state index >= 15 is 0 Å². The van der Waals surface area contributed by atoms with E-state index in [2.05, 4.69) is 5.10 Å². The number of alkyl halides is 5. The standard InChI is InChI=1S/C9H14F5N3/c1-6(2)4-7-16(3)15-5-17(7)9(13,14)8(10,11)12/h5-7H,4H2,1-3H3. The zero-order valence-electron chi connectivity index (χ0n) is 9.67. The molecule has 0 radical (unpaired) electrons. The minimum atomic E-state index is -5.61. The molecule has 0 fully saturated rings. The summed E-state index contributed by atoms with van der Waals surface area (Å²) >= 11 is 0. The highest BCUT2D eigenvalue weighted by molar-refractivity contribution is 5.58. The number of hydrogen-bond acceptors (Lipinski definition) is 3.